The van der Waals surface area contributed by atoms with Gasteiger partial charge >= 0.3 is 0 Å². The van der Waals surface area contributed by atoms with Crippen LogP contribution in [0.2, 0.25) is 0 Å². The van der Waals surface area contributed by atoms with Gasteiger partial charge in [0.1, 0.15) is 16.9 Å². The molecule has 5 aromatic carbocycles. The third-order valence-corrected chi connectivity index (χ3v) is 11.7. The van der Waals surface area contributed by atoms with Crippen LogP contribution < -0.4 is 0 Å². The molecule has 0 spiro atoms. The van der Waals surface area contributed by atoms with E-state index in [0.29, 0.717) is 12.2 Å². The molecule has 4 aromatic heterocycles. The quantitative estimate of drug-likeness (QED) is 0.129. The molecule has 0 saturated carbocycles. The molecule has 0 bridgehead atoms. The number of tetrazole rings is 1. The van der Waals surface area contributed by atoms with Crippen molar-refractivity contribution in [2.45, 2.75) is 51.1 Å². The van der Waals surface area contributed by atoms with Crippen molar-refractivity contribution in [3.63, 3.8) is 0 Å². The van der Waals surface area contributed by atoms with Gasteiger partial charge in [0.25, 0.3) is 0 Å². The molecule has 0 radical (unpaired) electrons. The van der Waals surface area contributed by atoms with Crippen molar-refractivity contribution in [2.24, 2.45) is 0 Å². The summed E-state index contributed by atoms with van der Waals surface area (Å²) in [4.78, 5) is 15.0. The Hall–Kier alpha value is -7.06. The van der Waals surface area contributed by atoms with Crippen LogP contribution in [0, 0.1) is 6.92 Å². The predicted octanol–water partition coefficient (Wildman–Crippen LogP) is 9.98. The molecule has 9 aromatic rings. The lowest BCUT2D eigenvalue weighted by Gasteiger charge is -2.36. The molecule has 0 fully saturated rings. The minimum absolute atomic E-state index is 0.145. The maximum atomic E-state index is 5.26. The van der Waals surface area contributed by atoms with E-state index < -0.39 is 5.54 Å². The summed E-state index contributed by atoms with van der Waals surface area (Å²) < 4.78 is 4.43. The van der Waals surface area contributed by atoms with E-state index in [2.05, 4.69) is 174 Å². The molecule has 0 amide bonds. The second kappa shape index (κ2) is 14.8. The van der Waals surface area contributed by atoms with E-state index >= 15 is 0 Å². The Kier molecular flexibility index (Phi) is 9.01. The number of aryl methyl sites for hydroxylation is 3. The highest BCUT2D eigenvalue weighted by Crippen LogP contribution is 2.45. The van der Waals surface area contributed by atoms with Crippen LogP contribution in [0.4, 0.5) is 0 Å². The van der Waals surface area contributed by atoms with Crippen molar-refractivity contribution in [2.75, 3.05) is 0 Å². The summed E-state index contributed by atoms with van der Waals surface area (Å²) in [6.07, 6.45) is 5.30. The molecule has 8 heteroatoms. The smallest absolute Gasteiger partial charge is 0.184 e. The van der Waals surface area contributed by atoms with Crippen LogP contribution in [0.5, 0.6) is 0 Å². The molecule has 0 N–H and O–H groups in total. The Bertz CT molecular complexity index is 2770. The van der Waals surface area contributed by atoms with Crippen LogP contribution in [-0.4, -0.2) is 39.7 Å². The Morgan fingerprint density at radius 1 is 0.672 bits per heavy atom. The average Bonchev–Trinajstić information content (AvgIpc) is 4.03. The number of hydrogen-bond donors (Lipinski definition) is 0. The van der Waals surface area contributed by atoms with Crippen molar-refractivity contribution < 1.29 is 0 Å². The van der Waals surface area contributed by atoms with Gasteiger partial charge in [-0.2, -0.15) is 0 Å². The van der Waals surface area contributed by atoms with Crippen LogP contribution in [0.3, 0.4) is 0 Å². The molecule has 10 rings (SSSR count). The van der Waals surface area contributed by atoms with Crippen LogP contribution in [0.25, 0.3) is 33.7 Å². The van der Waals surface area contributed by atoms with Gasteiger partial charge in [0.2, 0.25) is 0 Å². The van der Waals surface area contributed by atoms with Crippen molar-refractivity contribution >= 4 is 11.2 Å². The molecule has 8 nitrogen and oxygen atoms in total. The number of nitrogens with zero attached hydrogens (tertiary/aromatic N) is 8. The minimum Gasteiger partial charge on any atom is -0.305 e. The van der Waals surface area contributed by atoms with E-state index in [1.807, 2.05) is 23.0 Å². The first-order chi connectivity index (χ1) is 28.6. The second-order valence-electron chi connectivity index (χ2n) is 15.1. The Balaban J connectivity index is 1.08. The molecule has 0 saturated heterocycles. The minimum atomic E-state index is -0.852. The Morgan fingerprint density at radius 3 is 1.98 bits per heavy atom. The fourth-order valence-electron chi connectivity index (χ4n) is 9.13. The van der Waals surface area contributed by atoms with E-state index in [1.165, 1.54) is 11.1 Å². The van der Waals surface area contributed by atoms with E-state index in [9.17, 15) is 0 Å². The molecule has 58 heavy (non-hydrogen) atoms. The molecule has 1 aliphatic rings. The molecule has 0 unspecified atom stereocenters. The number of benzene rings is 5. The summed E-state index contributed by atoms with van der Waals surface area (Å²) in [6, 6.07) is 55.5. The third kappa shape index (κ3) is 5.91. The van der Waals surface area contributed by atoms with Gasteiger partial charge in [-0.25, -0.2) is 14.6 Å². The lowest BCUT2D eigenvalue weighted by molar-refractivity contribution is 0.451. The van der Waals surface area contributed by atoms with Gasteiger partial charge in [-0.05, 0) is 92.9 Å². The summed E-state index contributed by atoms with van der Waals surface area (Å²) >= 11 is 0. The maximum Gasteiger partial charge on any atom is 0.184 e. The fourth-order valence-corrected chi connectivity index (χ4v) is 9.13. The summed E-state index contributed by atoms with van der Waals surface area (Å²) in [6.45, 7) is 4.34. The summed E-state index contributed by atoms with van der Waals surface area (Å²) in [5.41, 5.74) is 13.3. The number of hydrogen-bond acceptors (Lipinski definition) is 6. The van der Waals surface area contributed by atoms with Gasteiger partial charge in [0, 0.05) is 36.0 Å². The lowest BCUT2D eigenvalue weighted by Crippen LogP contribution is -2.39. The SMILES string of the molecule is CCc1nc2c(C)cc(Cc3ccccn3)nc2n1[C@H]1CCc2cc(-c3ccccc3-c3nnnn3C(c3ccccc3)(c3ccccc3)c3ccccc3)ccc21. The first-order valence-corrected chi connectivity index (χ1v) is 20.1. The van der Waals surface area contributed by atoms with Crippen molar-refractivity contribution in [1.82, 2.24) is 39.7 Å². The van der Waals surface area contributed by atoms with Crippen LogP contribution >= 0.6 is 0 Å². The van der Waals surface area contributed by atoms with E-state index in [1.54, 1.807) is 0 Å². The highest BCUT2D eigenvalue weighted by molar-refractivity contribution is 5.82. The summed E-state index contributed by atoms with van der Waals surface area (Å²) in [5, 5.41) is 14.0. The molecule has 4 heterocycles. The number of fused-ring (bicyclic) bond motifs is 2. The van der Waals surface area contributed by atoms with Crippen LogP contribution in [0.15, 0.2) is 164 Å². The van der Waals surface area contributed by atoms with Gasteiger partial charge in [0.05, 0.1) is 6.04 Å². The molecular weight excluding hydrogens is 713 g/mol. The van der Waals surface area contributed by atoms with Gasteiger partial charge in [0.15, 0.2) is 11.5 Å². The number of aromatic nitrogens is 8. The summed E-state index contributed by atoms with van der Waals surface area (Å²) in [7, 11) is 0. The van der Waals surface area contributed by atoms with E-state index in [-0.39, 0.29) is 6.04 Å². The van der Waals surface area contributed by atoms with Crippen molar-refractivity contribution in [1.29, 1.82) is 0 Å². The van der Waals surface area contributed by atoms with E-state index in [4.69, 9.17) is 20.3 Å². The molecule has 1 atom stereocenters. The fraction of sp³-hybridized carbons (Fsp3) is 0.160. The van der Waals surface area contributed by atoms with E-state index in [0.717, 1.165) is 86.6 Å². The van der Waals surface area contributed by atoms with Gasteiger partial charge in [-0.15, -0.1) is 5.10 Å². The number of pyridine rings is 2. The van der Waals surface area contributed by atoms with Crippen molar-refractivity contribution in [3.05, 3.63) is 215 Å². The first-order valence-electron chi connectivity index (χ1n) is 20.1. The number of rotatable bonds is 10. The third-order valence-electron chi connectivity index (χ3n) is 11.7. The van der Waals surface area contributed by atoms with Crippen LogP contribution in [0.1, 0.15) is 70.0 Å². The maximum absolute atomic E-state index is 5.26. The largest absolute Gasteiger partial charge is 0.305 e. The highest BCUT2D eigenvalue weighted by atomic mass is 15.6. The lowest BCUT2D eigenvalue weighted by atomic mass is 9.77. The van der Waals surface area contributed by atoms with Gasteiger partial charge < -0.3 is 4.57 Å². The highest BCUT2D eigenvalue weighted by Gasteiger charge is 2.42. The van der Waals surface area contributed by atoms with Gasteiger partial charge in [-0.3, -0.25) is 4.98 Å². The Morgan fingerprint density at radius 2 is 1.33 bits per heavy atom. The zero-order valence-corrected chi connectivity index (χ0v) is 32.6. The second-order valence-corrected chi connectivity index (χ2v) is 15.1. The van der Waals surface area contributed by atoms with Crippen molar-refractivity contribution in [3.8, 4) is 22.5 Å². The molecular formula is C50H42N8. The molecule has 1 aliphatic carbocycles. The van der Waals surface area contributed by atoms with Crippen LogP contribution in [-0.2, 0) is 24.8 Å². The average molecular weight is 755 g/mol. The molecule has 282 valence electrons. The standard InChI is InChI=1S/C50H42N8/c1-3-46-53-47-34(2)31-41(33-40-23-15-16-30-51-40)52-49(47)57(46)45-29-27-36-32-35(26-28-43(36)45)42-24-13-14-25-44(42)48-54-55-56-58(48)50(37-17-7-4-8-18-37,38-19-9-5-10-20-38)39-21-11-6-12-22-39/h4-26,28,30-32,45H,3,27,29,33H2,1-2H3/t45-/m0/s1. The zero-order chi connectivity index (χ0) is 39.1. The molecule has 0 aliphatic heterocycles. The van der Waals surface area contributed by atoms with Gasteiger partial charge in [-0.1, -0.05) is 146 Å². The first kappa shape index (κ1) is 35.4. The number of imidazole rings is 1. The zero-order valence-electron chi connectivity index (χ0n) is 32.6. The predicted molar refractivity (Wildman–Crippen MR) is 228 cm³/mol. The summed E-state index contributed by atoms with van der Waals surface area (Å²) in [5.74, 6) is 1.75. The monoisotopic (exact) mass is 754 g/mol. The normalized spacial score (nSPS) is 13.9. The topological polar surface area (TPSA) is 87.2 Å². The Labute approximate surface area is 337 Å².